The summed E-state index contributed by atoms with van der Waals surface area (Å²) in [4.78, 5) is 0. The van der Waals surface area contributed by atoms with Gasteiger partial charge in [0.2, 0.25) is 0 Å². The van der Waals surface area contributed by atoms with Crippen LogP contribution in [0.2, 0.25) is 0 Å². The van der Waals surface area contributed by atoms with Gasteiger partial charge < -0.3 is 10.1 Å². The molecule has 0 fully saturated rings. The lowest BCUT2D eigenvalue weighted by Crippen LogP contribution is -2.10. The lowest BCUT2D eigenvalue weighted by molar-refractivity contribution is 0.410. The van der Waals surface area contributed by atoms with E-state index in [2.05, 4.69) is 25.2 Å². The van der Waals surface area contributed by atoms with Crippen molar-refractivity contribution in [3.05, 3.63) is 59.4 Å². The molecule has 0 saturated carbocycles. The summed E-state index contributed by atoms with van der Waals surface area (Å²) in [6.45, 7) is 6.26. The normalized spacial score (nSPS) is 12.3. The molecule has 0 aliphatic rings. The Morgan fingerprint density at radius 3 is 2.33 bits per heavy atom. The smallest absolute Gasteiger partial charge is 0.132 e. The summed E-state index contributed by atoms with van der Waals surface area (Å²) in [6, 6.07) is 13.0. The first kappa shape index (κ1) is 15.4. The van der Waals surface area contributed by atoms with Gasteiger partial charge in [-0.25, -0.2) is 4.39 Å². The minimum atomic E-state index is -0.253. The Labute approximate surface area is 126 Å². The predicted octanol–water partition coefficient (Wildman–Crippen LogP) is 5.13. The lowest BCUT2D eigenvalue weighted by Gasteiger charge is -2.20. The number of hydrogen-bond donors (Lipinski definition) is 1. The van der Waals surface area contributed by atoms with E-state index in [4.69, 9.17) is 4.74 Å². The molecule has 0 amide bonds. The quantitative estimate of drug-likeness (QED) is 0.823. The van der Waals surface area contributed by atoms with Crippen molar-refractivity contribution in [3.8, 4) is 5.75 Å². The third kappa shape index (κ3) is 3.54. The molecule has 0 aromatic heterocycles. The molecule has 1 N–H and O–H groups in total. The summed E-state index contributed by atoms with van der Waals surface area (Å²) in [7, 11) is 1.54. The molecule has 2 aromatic rings. The highest BCUT2D eigenvalue weighted by Gasteiger charge is 2.14. The molecule has 0 radical (unpaired) electrons. The van der Waals surface area contributed by atoms with E-state index in [1.807, 2.05) is 25.1 Å². The van der Waals surface area contributed by atoms with Crippen molar-refractivity contribution < 1.29 is 9.13 Å². The SMILES string of the molecule is COc1ccc(C(C)Nc2ccccc2C(C)C)c(F)c1. The number of methoxy groups -OCH3 is 1. The van der Waals surface area contributed by atoms with Gasteiger partial charge in [0.1, 0.15) is 11.6 Å². The first-order valence-corrected chi connectivity index (χ1v) is 7.21. The fourth-order valence-electron chi connectivity index (χ4n) is 2.43. The molecule has 3 heteroatoms. The molecular formula is C18H22FNO. The molecule has 2 nitrogen and oxygen atoms in total. The highest BCUT2D eigenvalue weighted by molar-refractivity contribution is 5.54. The summed E-state index contributed by atoms with van der Waals surface area (Å²) in [5.41, 5.74) is 2.92. The maximum Gasteiger partial charge on any atom is 0.132 e. The fraction of sp³-hybridized carbons (Fsp3) is 0.333. The molecule has 1 unspecified atom stereocenters. The van der Waals surface area contributed by atoms with E-state index in [0.29, 0.717) is 17.2 Å². The summed E-state index contributed by atoms with van der Waals surface area (Å²) in [6.07, 6.45) is 0. The highest BCUT2D eigenvalue weighted by atomic mass is 19.1. The van der Waals surface area contributed by atoms with Crippen LogP contribution < -0.4 is 10.1 Å². The second-order valence-corrected chi connectivity index (χ2v) is 5.50. The number of ether oxygens (including phenoxy) is 1. The van der Waals surface area contributed by atoms with Gasteiger partial charge in [0.25, 0.3) is 0 Å². The molecule has 0 aliphatic heterocycles. The number of hydrogen-bond acceptors (Lipinski definition) is 2. The molecule has 1 atom stereocenters. The van der Waals surface area contributed by atoms with Gasteiger partial charge in [-0.3, -0.25) is 0 Å². The second-order valence-electron chi connectivity index (χ2n) is 5.50. The number of para-hydroxylation sites is 1. The average Bonchev–Trinajstić information content (AvgIpc) is 2.47. The lowest BCUT2D eigenvalue weighted by atomic mass is 10.00. The number of rotatable bonds is 5. The minimum Gasteiger partial charge on any atom is -0.497 e. The van der Waals surface area contributed by atoms with Crippen molar-refractivity contribution in [1.29, 1.82) is 0 Å². The zero-order valence-corrected chi connectivity index (χ0v) is 13.0. The molecule has 0 bridgehead atoms. The first-order chi connectivity index (χ1) is 10.0. The van der Waals surface area contributed by atoms with Crippen LogP contribution in [0, 0.1) is 5.82 Å². The molecule has 0 saturated heterocycles. The Kier molecular flexibility index (Phi) is 4.84. The van der Waals surface area contributed by atoms with Crippen LogP contribution in [-0.2, 0) is 0 Å². The molecule has 0 aliphatic carbocycles. The Bertz CT molecular complexity index is 610. The van der Waals surface area contributed by atoms with E-state index in [-0.39, 0.29) is 11.9 Å². The molecule has 112 valence electrons. The number of halogens is 1. The van der Waals surface area contributed by atoms with Gasteiger partial charge in [0, 0.05) is 17.3 Å². The van der Waals surface area contributed by atoms with Gasteiger partial charge in [-0.15, -0.1) is 0 Å². The van der Waals surface area contributed by atoms with Crippen LogP contribution in [0.1, 0.15) is 43.9 Å². The van der Waals surface area contributed by atoms with Crippen molar-refractivity contribution in [2.24, 2.45) is 0 Å². The average molecular weight is 287 g/mol. The van der Waals surface area contributed by atoms with Crippen LogP contribution in [0.5, 0.6) is 5.75 Å². The summed E-state index contributed by atoms with van der Waals surface area (Å²) < 4.78 is 19.2. The standard InChI is InChI=1S/C18H22FNO/c1-12(2)15-7-5-6-8-18(15)20-13(3)16-10-9-14(21-4)11-17(16)19/h5-13,20H,1-4H3. The molecule has 21 heavy (non-hydrogen) atoms. The summed E-state index contributed by atoms with van der Waals surface area (Å²) in [5.74, 6) is 0.698. The fourth-order valence-corrected chi connectivity index (χ4v) is 2.43. The van der Waals surface area contributed by atoms with Crippen LogP contribution in [0.25, 0.3) is 0 Å². The molecule has 2 aromatic carbocycles. The van der Waals surface area contributed by atoms with E-state index < -0.39 is 0 Å². The Hall–Kier alpha value is -2.03. The van der Waals surface area contributed by atoms with Crippen LogP contribution >= 0.6 is 0 Å². The van der Waals surface area contributed by atoms with Gasteiger partial charge in [-0.2, -0.15) is 0 Å². The third-order valence-corrected chi connectivity index (χ3v) is 3.63. The van der Waals surface area contributed by atoms with E-state index >= 15 is 0 Å². The summed E-state index contributed by atoms with van der Waals surface area (Å²) >= 11 is 0. The van der Waals surface area contributed by atoms with E-state index in [9.17, 15) is 4.39 Å². The van der Waals surface area contributed by atoms with Crippen molar-refractivity contribution in [2.75, 3.05) is 12.4 Å². The van der Waals surface area contributed by atoms with Gasteiger partial charge in [0.15, 0.2) is 0 Å². The zero-order chi connectivity index (χ0) is 15.4. The number of benzene rings is 2. The van der Waals surface area contributed by atoms with E-state index in [0.717, 1.165) is 5.69 Å². The minimum absolute atomic E-state index is 0.115. The largest absolute Gasteiger partial charge is 0.497 e. The topological polar surface area (TPSA) is 21.3 Å². The van der Waals surface area contributed by atoms with Crippen LogP contribution in [0.4, 0.5) is 10.1 Å². The molecule has 0 spiro atoms. The summed E-state index contributed by atoms with van der Waals surface area (Å²) in [5, 5.41) is 3.41. The Balaban J connectivity index is 2.24. The van der Waals surface area contributed by atoms with Crippen molar-refractivity contribution in [3.63, 3.8) is 0 Å². The third-order valence-electron chi connectivity index (χ3n) is 3.63. The zero-order valence-electron chi connectivity index (χ0n) is 13.0. The predicted molar refractivity (Wildman–Crippen MR) is 85.5 cm³/mol. The Morgan fingerprint density at radius 2 is 1.71 bits per heavy atom. The number of anilines is 1. The van der Waals surface area contributed by atoms with Crippen molar-refractivity contribution in [2.45, 2.75) is 32.7 Å². The molecule has 0 heterocycles. The number of nitrogens with one attached hydrogen (secondary N) is 1. The molecular weight excluding hydrogens is 265 g/mol. The Morgan fingerprint density at radius 1 is 1.00 bits per heavy atom. The maximum absolute atomic E-state index is 14.1. The first-order valence-electron chi connectivity index (χ1n) is 7.21. The van der Waals surface area contributed by atoms with E-state index in [1.54, 1.807) is 12.1 Å². The van der Waals surface area contributed by atoms with Crippen LogP contribution in [0.3, 0.4) is 0 Å². The van der Waals surface area contributed by atoms with Crippen LogP contribution in [0.15, 0.2) is 42.5 Å². The highest BCUT2D eigenvalue weighted by Crippen LogP contribution is 2.29. The van der Waals surface area contributed by atoms with Crippen molar-refractivity contribution in [1.82, 2.24) is 0 Å². The van der Waals surface area contributed by atoms with Gasteiger partial charge in [-0.1, -0.05) is 38.1 Å². The second kappa shape index (κ2) is 6.61. The monoisotopic (exact) mass is 287 g/mol. The van der Waals surface area contributed by atoms with Crippen LogP contribution in [-0.4, -0.2) is 7.11 Å². The molecule has 2 rings (SSSR count). The van der Waals surface area contributed by atoms with Gasteiger partial charge >= 0.3 is 0 Å². The van der Waals surface area contributed by atoms with Gasteiger partial charge in [-0.05, 0) is 30.5 Å². The maximum atomic E-state index is 14.1. The van der Waals surface area contributed by atoms with E-state index in [1.165, 1.54) is 18.7 Å². The van der Waals surface area contributed by atoms with Crippen molar-refractivity contribution >= 4 is 5.69 Å². The van der Waals surface area contributed by atoms with Gasteiger partial charge in [0.05, 0.1) is 13.2 Å².